The second-order valence-electron chi connectivity index (χ2n) is 3.45. The molecule has 0 aliphatic rings. The number of nitrogen functional groups attached to an aromatic ring is 1. The molecule has 2 nitrogen and oxygen atoms in total. The average Bonchev–Trinajstić information content (AvgIpc) is 2.46. The van der Waals surface area contributed by atoms with Gasteiger partial charge in [-0.1, -0.05) is 13.8 Å². The fourth-order valence-electron chi connectivity index (χ4n) is 1.25. The molecule has 0 aliphatic carbocycles. The van der Waals surface area contributed by atoms with Crippen LogP contribution in [0, 0.1) is 0 Å². The third-order valence-corrected chi connectivity index (χ3v) is 3.41. The molecule has 2 aromatic rings. The molecule has 0 radical (unpaired) electrons. The molecule has 0 aromatic carbocycles. The Morgan fingerprint density at radius 3 is 2.85 bits per heavy atom. The van der Waals surface area contributed by atoms with Crippen LogP contribution in [0.5, 0.6) is 0 Å². The normalized spacial score (nSPS) is 11.3. The van der Waals surface area contributed by atoms with Crippen LogP contribution in [-0.4, -0.2) is 4.98 Å². The van der Waals surface area contributed by atoms with E-state index in [1.54, 1.807) is 11.3 Å². The highest BCUT2D eigenvalue weighted by Crippen LogP contribution is 2.30. The third-order valence-electron chi connectivity index (χ3n) is 2.01. The first-order valence-corrected chi connectivity index (χ1v) is 5.13. The molecule has 0 aliphatic heterocycles. The lowest BCUT2D eigenvalue weighted by molar-refractivity contribution is 0.890. The van der Waals surface area contributed by atoms with E-state index in [-0.39, 0.29) is 0 Å². The van der Waals surface area contributed by atoms with Crippen LogP contribution in [0.4, 0.5) is 5.82 Å². The molecule has 13 heavy (non-hydrogen) atoms. The summed E-state index contributed by atoms with van der Waals surface area (Å²) in [6.07, 6.45) is 1.84. The first-order valence-electron chi connectivity index (χ1n) is 4.32. The van der Waals surface area contributed by atoms with Crippen molar-refractivity contribution in [1.29, 1.82) is 0 Å². The van der Waals surface area contributed by atoms with E-state index in [9.17, 15) is 0 Å². The quantitative estimate of drug-likeness (QED) is 0.754. The third kappa shape index (κ3) is 1.52. The summed E-state index contributed by atoms with van der Waals surface area (Å²) in [5.41, 5.74) is 5.60. The summed E-state index contributed by atoms with van der Waals surface area (Å²) in [6, 6.07) is 4.13. The van der Waals surface area contributed by atoms with Gasteiger partial charge in [0.2, 0.25) is 0 Å². The van der Waals surface area contributed by atoms with Crippen molar-refractivity contribution < 1.29 is 0 Å². The fourth-order valence-corrected chi connectivity index (χ4v) is 2.34. The molecule has 2 N–H and O–H groups in total. The maximum Gasteiger partial charge on any atom is 0.124 e. The van der Waals surface area contributed by atoms with Gasteiger partial charge >= 0.3 is 0 Å². The number of nitrogens with two attached hydrogens (primary N) is 1. The van der Waals surface area contributed by atoms with Gasteiger partial charge in [0.1, 0.15) is 5.82 Å². The molecule has 0 bridgehead atoms. The largest absolute Gasteiger partial charge is 0.384 e. The van der Waals surface area contributed by atoms with Crippen molar-refractivity contribution in [3.63, 3.8) is 0 Å². The molecule has 0 atom stereocenters. The topological polar surface area (TPSA) is 38.9 Å². The number of thiophene rings is 1. The van der Waals surface area contributed by atoms with Gasteiger partial charge < -0.3 is 5.73 Å². The minimum absolute atomic E-state index is 0.582. The molecule has 2 heterocycles. The Hall–Kier alpha value is -1.09. The van der Waals surface area contributed by atoms with E-state index in [1.807, 2.05) is 12.3 Å². The first kappa shape index (κ1) is 8.51. The fraction of sp³-hybridized carbons (Fsp3) is 0.300. The van der Waals surface area contributed by atoms with Crippen molar-refractivity contribution in [2.75, 3.05) is 5.73 Å². The van der Waals surface area contributed by atoms with E-state index >= 15 is 0 Å². The number of pyridine rings is 1. The van der Waals surface area contributed by atoms with Crippen molar-refractivity contribution in [1.82, 2.24) is 4.98 Å². The lowest BCUT2D eigenvalue weighted by Crippen LogP contribution is -1.86. The summed E-state index contributed by atoms with van der Waals surface area (Å²) in [6.45, 7) is 4.39. The van der Waals surface area contributed by atoms with Gasteiger partial charge in [-0.25, -0.2) is 4.98 Å². The predicted octanol–water partition coefficient (Wildman–Crippen LogP) is 3.00. The zero-order valence-electron chi connectivity index (χ0n) is 7.74. The Bertz CT molecular complexity index is 431. The Morgan fingerprint density at radius 2 is 2.15 bits per heavy atom. The van der Waals surface area contributed by atoms with Gasteiger partial charge in [0.25, 0.3) is 0 Å². The van der Waals surface area contributed by atoms with Crippen LogP contribution in [0.2, 0.25) is 0 Å². The van der Waals surface area contributed by atoms with Crippen LogP contribution < -0.4 is 5.73 Å². The lowest BCUT2D eigenvalue weighted by Gasteiger charge is -1.96. The summed E-state index contributed by atoms with van der Waals surface area (Å²) in [7, 11) is 0. The number of fused-ring (bicyclic) bond motifs is 1. The van der Waals surface area contributed by atoms with E-state index in [4.69, 9.17) is 5.73 Å². The highest BCUT2D eigenvalue weighted by Gasteiger charge is 2.05. The van der Waals surface area contributed by atoms with Crippen LogP contribution in [0.15, 0.2) is 18.3 Å². The number of hydrogen-bond acceptors (Lipinski definition) is 3. The minimum Gasteiger partial charge on any atom is -0.384 e. The predicted molar refractivity (Wildman–Crippen MR) is 58.1 cm³/mol. The molecule has 2 rings (SSSR count). The molecule has 0 fully saturated rings. The summed E-state index contributed by atoms with van der Waals surface area (Å²) in [5.74, 6) is 1.18. The van der Waals surface area contributed by atoms with E-state index in [0.717, 1.165) is 0 Å². The Balaban J connectivity index is 2.62. The first-order chi connectivity index (χ1) is 6.16. The van der Waals surface area contributed by atoms with Crippen LogP contribution in [-0.2, 0) is 0 Å². The maximum atomic E-state index is 5.60. The molecular weight excluding hydrogens is 180 g/mol. The van der Waals surface area contributed by atoms with Crippen molar-refractivity contribution in [2.24, 2.45) is 0 Å². The molecular formula is C10H12N2S. The zero-order valence-corrected chi connectivity index (χ0v) is 8.56. The highest BCUT2D eigenvalue weighted by molar-refractivity contribution is 7.19. The van der Waals surface area contributed by atoms with Crippen LogP contribution in [0.3, 0.4) is 0 Å². The maximum absolute atomic E-state index is 5.60. The average molecular weight is 192 g/mol. The van der Waals surface area contributed by atoms with Crippen molar-refractivity contribution in [3.8, 4) is 0 Å². The Kier molecular flexibility index (Phi) is 1.96. The summed E-state index contributed by atoms with van der Waals surface area (Å²) >= 11 is 1.80. The molecule has 2 aromatic heterocycles. The number of aromatic nitrogens is 1. The molecule has 0 saturated heterocycles. The van der Waals surface area contributed by atoms with Crippen molar-refractivity contribution in [3.05, 3.63) is 23.2 Å². The number of rotatable bonds is 1. The Morgan fingerprint density at radius 1 is 1.38 bits per heavy atom. The lowest BCUT2D eigenvalue weighted by atomic mass is 10.2. The van der Waals surface area contributed by atoms with Gasteiger partial charge in [0.15, 0.2) is 0 Å². The van der Waals surface area contributed by atoms with Gasteiger partial charge in [-0.15, -0.1) is 11.3 Å². The SMILES string of the molecule is CC(C)c1cc2cnc(N)cc2s1. The van der Waals surface area contributed by atoms with Crippen LogP contribution in [0.1, 0.15) is 24.6 Å². The number of anilines is 1. The van der Waals surface area contributed by atoms with Crippen LogP contribution >= 0.6 is 11.3 Å². The minimum atomic E-state index is 0.582. The van der Waals surface area contributed by atoms with Crippen molar-refractivity contribution >= 4 is 27.2 Å². The van der Waals surface area contributed by atoms with Gasteiger partial charge in [-0.3, -0.25) is 0 Å². The van der Waals surface area contributed by atoms with Gasteiger partial charge in [-0.05, 0) is 18.1 Å². The molecule has 0 unspecified atom stereocenters. The summed E-state index contributed by atoms with van der Waals surface area (Å²) in [5, 5.41) is 1.20. The van der Waals surface area contributed by atoms with Crippen molar-refractivity contribution in [2.45, 2.75) is 19.8 Å². The standard InChI is InChI=1S/C10H12N2S/c1-6(2)8-3-7-5-12-10(11)4-9(7)13-8/h3-6H,1-2H3,(H2,11,12). The van der Waals surface area contributed by atoms with Gasteiger partial charge in [0, 0.05) is 21.2 Å². The molecule has 0 spiro atoms. The Labute approximate surface area is 81.4 Å². The van der Waals surface area contributed by atoms with E-state index in [0.29, 0.717) is 11.7 Å². The smallest absolute Gasteiger partial charge is 0.124 e. The van der Waals surface area contributed by atoms with E-state index in [2.05, 4.69) is 24.9 Å². The highest BCUT2D eigenvalue weighted by atomic mass is 32.1. The summed E-state index contributed by atoms with van der Waals surface area (Å²) < 4.78 is 1.23. The molecule has 0 saturated carbocycles. The monoisotopic (exact) mass is 192 g/mol. The second kappa shape index (κ2) is 3.00. The number of nitrogens with zero attached hydrogens (tertiary/aromatic N) is 1. The van der Waals surface area contributed by atoms with E-state index < -0.39 is 0 Å². The molecule has 68 valence electrons. The molecule has 3 heteroatoms. The van der Waals surface area contributed by atoms with Gasteiger partial charge in [0.05, 0.1) is 0 Å². The summed E-state index contributed by atoms with van der Waals surface area (Å²) in [4.78, 5) is 5.46. The van der Waals surface area contributed by atoms with Crippen LogP contribution in [0.25, 0.3) is 10.1 Å². The molecule has 0 amide bonds. The second-order valence-corrected chi connectivity index (χ2v) is 4.57. The number of hydrogen-bond donors (Lipinski definition) is 1. The van der Waals surface area contributed by atoms with E-state index in [1.165, 1.54) is 15.0 Å². The van der Waals surface area contributed by atoms with Gasteiger partial charge in [-0.2, -0.15) is 0 Å². The zero-order chi connectivity index (χ0) is 9.42.